The number of nitriles is 1. The fourth-order valence-electron chi connectivity index (χ4n) is 4.32. The van der Waals surface area contributed by atoms with Gasteiger partial charge >= 0.3 is 5.97 Å². The third kappa shape index (κ3) is 4.24. The molecule has 1 aromatic heterocycles. The number of carbonyl (C=O) groups is 1. The van der Waals surface area contributed by atoms with Crippen LogP contribution in [-0.4, -0.2) is 31.2 Å². The van der Waals surface area contributed by atoms with Gasteiger partial charge < -0.3 is 23.5 Å². The maximum Gasteiger partial charge on any atom is 0.329 e. The van der Waals surface area contributed by atoms with Gasteiger partial charge in [0.15, 0.2) is 17.1 Å². The first-order chi connectivity index (χ1) is 17.1. The second-order valence-electron chi connectivity index (χ2n) is 8.17. The number of nitrogens with zero attached hydrogens (tertiary/aromatic N) is 3. The van der Waals surface area contributed by atoms with Crippen LogP contribution in [0.25, 0.3) is 11.1 Å². The highest BCUT2D eigenvalue weighted by Crippen LogP contribution is 2.40. The number of ether oxygens (including phenoxy) is 3. The van der Waals surface area contributed by atoms with E-state index in [0.717, 1.165) is 16.7 Å². The standard InChI is InChI=1S/C27H23N3O5/c1-32-23-11-9-19-15-30(27-29-21-10-8-18(14-28)12-24(21)35-27)22(26(31)33-2)13-20(19)25(23)34-16-17-6-4-3-5-7-17/h3-12,22H,13,15-16H2,1-2H3/t22-/m0/s1. The van der Waals surface area contributed by atoms with E-state index in [-0.39, 0.29) is 0 Å². The van der Waals surface area contributed by atoms with Gasteiger partial charge in [0.05, 0.1) is 25.9 Å². The number of anilines is 1. The van der Waals surface area contributed by atoms with Gasteiger partial charge in [0.1, 0.15) is 18.2 Å². The smallest absolute Gasteiger partial charge is 0.329 e. The highest BCUT2D eigenvalue weighted by atomic mass is 16.5. The van der Waals surface area contributed by atoms with E-state index < -0.39 is 12.0 Å². The fourth-order valence-corrected chi connectivity index (χ4v) is 4.32. The molecule has 0 aliphatic carbocycles. The lowest BCUT2D eigenvalue weighted by Crippen LogP contribution is -2.46. The van der Waals surface area contributed by atoms with Crippen LogP contribution in [0.2, 0.25) is 0 Å². The van der Waals surface area contributed by atoms with E-state index in [2.05, 4.69) is 11.1 Å². The molecule has 0 bridgehead atoms. The molecule has 0 saturated carbocycles. The van der Waals surface area contributed by atoms with E-state index in [9.17, 15) is 10.1 Å². The molecule has 35 heavy (non-hydrogen) atoms. The van der Waals surface area contributed by atoms with Gasteiger partial charge in [0.2, 0.25) is 0 Å². The SMILES string of the molecule is COC(=O)[C@@H]1Cc2c(ccc(OC)c2OCc2ccccc2)CN1c1nc2ccc(C#N)cc2o1. The number of hydrogen-bond acceptors (Lipinski definition) is 8. The van der Waals surface area contributed by atoms with Crippen LogP contribution in [0.1, 0.15) is 22.3 Å². The number of oxazole rings is 1. The molecule has 0 unspecified atom stereocenters. The van der Waals surface area contributed by atoms with Crippen LogP contribution in [0.5, 0.6) is 11.5 Å². The maximum atomic E-state index is 12.9. The zero-order valence-corrected chi connectivity index (χ0v) is 19.4. The predicted octanol–water partition coefficient (Wildman–Crippen LogP) is 4.39. The van der Waals surface area contributed by atoms with Gasteiger partial charge in [-0.15, -0.1) is 0 Å². The molecule has 1 aliphatic rings. The average molecular weight is 469 g/mol. The Balaban J connectivity index is 1.53. The Bertz CT molecular complexity index is 1420. The van der Waals surface area contributed by atoms with E-state index in [1.165, 1.54) is 7.11 Å². The van der Waals surface area contributed by atoms with Crippen molar-refractivity contribution in [1.29, 1.82) is 5.26 Å². The van der Waals surface area contributed by atoms with Crippen molar-refractivity contribution in [2.75, 3.05) is 19.1 Å². The molecule has 0 spiro atoms. The number of carbonyl (C=O) groups excluding carboxylic acids is 1. The number of fused-ring (bicyclic) bond motifs is 2. The van der Waals surface area contributed by atoms with Gasteiger partial charge in [-0.05, 0) is 29.3 Å². The van der Waals surface area contributed by atoms with Crippen LogP contribution in [0.3, 0.4) is 0 Å². The molecular formula is C27H23N3O5. The summed E-state index contributed by atoms with van der Waals surface area (Å²) < 4.78 is 22.9. The van der Waals surface area contributed by atoms with Crippen molar-refractivity contribution in [3.8, 4) is 17.6 Å². The molecule has 0 fully saturated rings. The first-order valence-corrected chi connectivity index (χ1v) is 11.1. The van der Waals surface area contributed by atoms with Crippen molar-refractivity contribution >= 4 is 23.1 Å². The van der Waals surface area contributed by atoms with Crippen LogP contribution in [0, 0.1) is 11.3 Å². The van der Waals surface area contributed by atoms with Crippen LogP contribution < -0.4 is 14.4 Å². The summed E-state index contributed by atoms with van der Waals surface area (Å²) in [7, 11) is 2.96. The lowest BCUT2D eigenvalue weighted by Gasteiger charge is -2.35. The van der Waals surface area contributed by atoms with Crippen molar-refractivity contribution in [2.45, 2.75) is 25.6 Å². The third-order valence-corrected chi connectivity index (χ3v) is 6.11. The van der Waals surface area contributed by atoms with E-state index >= 15 is 0 Å². The number of aromatic nitrogens is 1. The topological polar surface area (TPSA) is 97.8 Å². The summed E-state index contributed by atoms with van der Waals surface area (Å²) in [5.41, 5.74) is 4.44. The van der Waals surface area contributed by atoms with E-state index in [1.54, 1.807) is 30.2 Å². The fraction of sp³-hybridized carbons (Fsp3) is 0.222. The molecule has 0 amide bonds. The zero-order chi connectivity index (χ0) is 24.4. The molecule has 176 valence electrons. The summed E-state index contributed by atoms with van der Waals surface area (Å²) in [5, 5.41) is 9.19. The first kappa shape index (κ1) is 22.3. The number of hydrogen-bond donors (Lipinski definition) is 0. The first-order valence-electron chi connectivity index (χ1n) is 11.1. The summed E-state index contributed by atoms with van der Waals surface area (Å²) in [6.07, 6.45) is 0.325. The maximum absolute atomic E-state index is 12.9. The second kappa shape index (κ2) is 9.39. The Morgan fingerprint density at radius 1 is 1.17 bits per heavy atom. The van der Waals surface area contributed by atoms with Crippen molar-refractivity contribution in [2.24, 2.45) is 0 Å². The van der Waals surface area contributed by atoms with E-state index in [1.807, 2.05) is 42.5 Å². The lowest BCUT2D eigenvalue weighted by molar-refractivity contribution is -0.142. The van der Waals surface area contributed by atoms with Crippen molar-refractivity contribution in [3.05, 3.63) is 82.9 Å². The number of benzene rings is 3. The molecular weight excluding hydrogens is 446 g/mol. The molecule has 1 aliphatic heterocycles. The normalized spacial score (nSPS) is 14.8. The molecule has 0 radical (unpaired) electrons. The number of rotatable bonds is 6. The lowest BCUT2D eigenvalue weighted by atomic mass is 9.92. The highest BCUT2D eigenvalue weighted by Gasteiger charge is 2.37. The minimum Gasteiger partial charge on any atom is -0.493 e. The summed E-state index contributed by atoms with van der Waals surface area (Å²) in [6.45, 7) is 0.728. The van der Waals surface area contributed by atoms with Crippen molar-refractivity contribution < 1.29 is 23.4 Å². The van der Waals surface area contributed by atoms with Crippen LogP contribution in [0.4, 0.5) is 6.01 Å². The van der Waals surface area contributed by atoms with Crippen LogP contribution >= 0.6 is 0 Å². The molecule has 0 saturated heterocycles. The summed E-state index contributed by atoms with van der Waals surface area (Å²) >= 11 is 0. The average Bonchev–Trinajstić information content (AvgIpc) is 3.34. The Morgan fingerprint density at radius 3 is 2.74 bits per heavy atom. The molecule has 1 atom stereocenters. The molecule has 2 heterocycles. The van der Waals surface area contributed by atoms with Gasteiger partial charge in [-0.3, -0.25) is 0 Å². The monoisotopic (exact) mass is 469 g/mol. The Labute approximate surface area is 202 Å². The predicted molar refractivity (Wildman–Crippen MR) is 128 cm³/mol. The van der Waals surface area contributed by atoms with Crippen molar-refractivity contribution in [3.63, 3.8) is 0 Å². The van der Waals surface area contributed by atoms with E-state index in [4.69, 9.17) is 18.6 Å². The van der Waals surface area contributed by atoms with Gasteiger partial charge in [-0.1, -0.05) is 36.4 Å². The largest absolute Gasteiger partial charge is 0.493 e. The van der Waals surface area contributed by atoms with Gasteiger partial charge in [-0.25, -0.2) is 4.79 Å². The Hall–Kier alpha value is -4.51. The molecule has 3 aromatic carbocycles. The summed E-state index contributed by atoms with van der Waals surface area (Å²) in [6, 6.07) is 20.4. The minimum absolute atomic E-state index is 0.290. The second-order valence-corrected chi connectivity index (χ2v) is 8.17. The number of esters is 1. The molecule has 8 heteroatoms. The molecule has 0 N–H and O–H groups in total. The van der Waals surface area contributed by atoms with Gasteiger partial charge in [0.25, 0.3) is 6.01 Å². The van der Waals surface area contributed by atoms with Gasteiger partial charge in [-0.2, -0.15) is 10.2 Å². The quantitative estimate of drug-likeness (QED) is 0.384. The Morgan fingerprint density at radius 2 is 2.00 bits per heavy atom. The zero-order valence-electron chi connectivity index (χ0n) is 19.4. The minimum atomic E-state index is -0.679. The number of methoxy groups -OCH3 is 2. The molecule has 4 aromatic rings. The molecule has 8 nitrogen and oxygen atoms in total. The van der Waals surface area contributed by atoms with E-state index in [0.29, 0.717) is 53.7 Å². The summed E-state index contributed by atoms with van der Waals surface area (Å²) in [4.78, 5) is 19.2. The van der Waals surface area contributed by atoms with Gasteiger partial charge in [0, 0.05) is 24.6 Å². The third-order valence-electron chi connectivity index (χ3n) is 6.11. The van der Waals surface area contributed by atoms with Crippen LogP contribution in [-0.2, 0) is 29.1 Å². The van der Waals surface area contributed by atoms with Crippen LogP contribution in [0.15, 0.2) is 65.1 Å². The van der Waals surface area contributed by atoms with Crippen molar-refractivity contribution in [1.82, 2.24) is 4.98 Å². The summed E-state index contributed by atoms with van der Waals surface area (Å²) in [5.74, 6) is 0.800. The molecule has 5 rings (SSSR count). The Kier molecular flexibility index (Phi) is 5.98. The highest BCUT2D eigenvalue weighted by molar-refractivity contribution is 5.82.